The number of hydrogen-bond donors (Lipinski definition) is 1. The highest BCUT2D eigenvalue weighted by molar-refractivity contribution is 5.80. The van der Waals surface area contributed by atoms with E-state index in [0.717, 1.165) is 19.5 Å². The van der Waals surface area contributed by atoms with Crippen molar-refractivity contribution >= 4 is 10.9 Å². The van der Waals surface area contributed by atoms with Crippen LogP contribution in [-0.2, 0) is 18.2 Å². The van der Waals surface area contributed by atoms with Gasteiger partial charge < -0.3 is 14.6 Å². The Hall–Kier alpha value is -1.32. The normalized spacial score (nSPS) is 18.2. The molecule has 0 aliphatic carbocycles. The van der Waals surface area contributed by atoms with Crippen LogP contribution < -0.4 is 5.32 Å². The average molecular weight is 230 g/mol. The smallest absolute Gasteiger partial charge is 0.0966 e. The maximum absolute atomic E-state index is 5.63. The van der Waals surface area contributed by atoms with Gasteiger partial charge in [-0.1, -0.05) is 6.07 Å². The summed E-state index contributed by atoms with van der Waals surface area (Å²) < 4.78 is 7.78. The molecule has 0 radical (unpaired) electrons. The summed E-state index contributed by atoms with van der Waals surface area (Å²) in [4.78, 5) is 0. The molecule has 0 spiro atoms. The van der Waals surface area contributed by atoms with Crippen LogP contribution in [-0.4, -0.2) is 30.4 Å². The zero-order valence-electron chi connectivity index (χ0n) is 10.4. The highest BCUT2D eigenvalue weighted by Crippen LogP contribution is 2.24. The summed E-state index contributed by atoms with van der Waals surface area (Å²) >= 11 is 0. The second kappa shape index (κ2) is 3.86. The lowest BCUT2D eigenvalue weighted by atomic mass is 9.88. The maximum Gasteiger partial charge on any atom is 0.0966 e. The first kappa shape index (κ1) is 10.8. The van der Waals surface area contributed by atoms with Gasteiger partial charge in [0.25, 0.3) is 0 Å². The van der Waals surface area contributed by atoms with Gasteiger partial charge in [-0.2, -0.15) is 0 Å². The fourth-order valence-electron chi connectivity index (χ4n) is 2.56. The number of nitrogens with one attached hydrogen (secondary N) is 1. The van der Waals surface area contributed by atoms with Crippen molar-refractivity contribution in [3.63, 3.8) is 0 Å². The van der Waals surface area contributed by atoms with Crippen LogP contribution in [0.1, 0.15) is 5.56 Å². The molecule has 1 aliphatic rings. The maximum atomic E-state index is 5.63. The largest absolute Gasteiger partial charge is 0.375 e. The van der Waals surface area contributed by atoms with E-state index in [-0.39, 0.29) is 5.60 Å². The van der Waals surface area contributed by atoms with Gasteiger partial charge in [0.05, 0.1) is 5.60 Å². The molecule has 0 amide bonds. The lowest BCUT2D eigenvalue weighted by Gasteiger charge is -2.41. The number of benzene rings is 1. The second-order valence-electron chi connectivity index (χ2n) is 4.99. The molecule has 0 saturated carbocycles. The molecule has 0 atom stereocenters. The summed E-state index contributed by atoms with van der Waals surface area (Å²) in [6, 6.07) is 8.84. The molecule has 3 nitrogen and oxygen atoms in total. The van der Waals surface area contributed by atoms with Crippen molar-refractivity contribution < 1.29 is 4.74 Å². The van der Waals surface area contributed by atoms with Crippen LogP contribution in [0.2, 0.25) is 0 Å². The first-order valence-corrected chi connectivity index (χ1v) is 6.02. The summed E-state index contributed by atoms with van der Waals surface area (Å²) in [5, 5.41) is 4.59. The zero-order chi connectivity index (χ0) is 11.9. The van der Waals surface area contributed by atoms with Gasteiger partial charge >= 0.3 is 0 Å². The monoisotopic (exact) mass is 230 g/mol. The van der Waals surface area contributed by atoms with Crippen molar-refractivity contribution in [2.45, 2.75) is 12.0 Å². The van der Waals surface area contributed by atoms with Crippen molar-refractivity contribution in [3.05, 3.63) is 36.0 Å². The molecule has 2 aromatic rings. The molecule has 3 rings (SSSR count). The number of methoxy groups -OCH3 is 1. The minimum absolute atomic E-state index is 0.0163. The van der Waals surface area contributed by atoms with Crippen LogP contribution in [0.5, 0.6) is 0 Å². The molecule has 90 valence electrons. The van der Waals surface area contributed by atoms with Gasteiger partial charge in [-0.05, 0) is 29.1 Å². The van der Waals surface area contributed by atoms with Crippen molar-refractivity contribution in [2.75, 3.05) is 20.2 Å². The molecule has 2 heterocycles. The van der Waals surface area contributed by atoms with Crippen molar-refractivity contribution in [1.82, 2.24) is 9.88 Å². The standard InChI is InChI=1S/C14H18N2O/c1-16-6-5-12-7-11(3-4-13(12)16)8-14(17-2)9-15-10-14/h3-7,15H,8-10H2,1-2H3. The fraction of sp³-hybridized carbons (Fsp3) is 0.429. The van der Waals surface area contributed by atoms with Crippen molar-refractivity contribution in [2.24, 2.45) is 7.05 Å². The highest BCUT2D eigenvalue weighted by Gasteiger charge is 2.36. The minimum atomic E-state index is 0.0163. The molecular weight excluding hydrogens is 212 g/mol. The van der Waals surface area contributed by atoms with E-state index in [2.05, 4.69) is 47.4 Å². The fourth-order valence-corrected chi connectivity index (χ4v) is 2.56. The minimum Gasteiger partial charge on any atom is -0.375 e. The van der Waals surface area contributed by atoms with E-state index >= 15 is 0 Å². The Kier molecular flexibility index (Phi) is 2.45. The van der Waals surface area contributed by atoms with E-state index < -0.39 is 0 Å². The highest BCUT2D eigenvalue weighted by atomic mass is 16.5. The third-order valence-corrected chi connectivity index (χ3v) is 3.80. The Balaban J connectivity index is 1.90. The van der Waals surface area contributed by atoms with Crippen LogP contribution in [0.25, 0.3) is 10.9 Å². The number of nitrogens with zero attached hydrogens (tertiary/aromatic N) is 1. The van der Waals surface area contributed by atoms with Gasteiger partial charge in [0.15, 0.2) is 0 Å². The number of aromatic nitrogens is 1. The van der Waals surface area contributed by atoms with E-state index in [9.17, 15) is 0 Å². The summed E-state index contributed by atoms with van der Waals surface area (Å²) in [7, 11) is 3.89. The van der Waals surface area contributed by atoms with Crippen molar-refractivity contribution in [3.8, 4) is 0 Å². The molecule has 1 aromatic heterocycles. The Morgan fingerprint density at radius 1 is 1.35 bits per heavy atom. The first-order valence-electron chi connectivity index (χ1n) is 6.02. The number of hydrogen-bond acceptors (Lipinski definition) is 2. The predicted molar refractivity (Wildman–Crippen MR) is 69.2 cm³/mol. The predicted octanol–water partition coefficient (Wildman–Crippen LogP) is 1.71. The van der Waals surface area contributed by atoms with Crippen LogP contribution >= 0.6 is 0 Å². The topological polar surface area (TPSA) is 26.2 Å². The van der Waals surface area contributed by atoms with E-state index in [0.29, 0.717) is 0 Å². The van der Waals surface area contributed by atoms with Gasteiger partial charge in [0, 0.05) is 45.4 Å². The number of aryl methyl sites for hydroxylation is 1. The van der Waals surface area contributed by atoms with E-state index in [4.69, 9.17) is 4.74 Å². The lowest BCUT2D eigenvalue weighted by Crippen LogP contribution is -2.61. The quantitative estimate of drug-likeness (QED) is 0.868. The number of ether oxygens (including phenoxy) is 1. The summed E-state index contributed by atoms with van der Waals surface area (Å²) in [5.41, 5.74) is 2.65. The third kappa shape index (κ3) is 1.75. The first-order chi connectivity index (χ1) is 8.22. The van der Waals surface area contributed by atoms with Gasteiger partial charge in [-0.3, -0.25) is 0 Å². The van der Waals surface area contributed by atoms with Crippen LogP contribution in [0.4, 0.5) is 0 Å². The average Bonchev–Trinajstić information content (AvgIpc) is 2.65. The van der Waals surface area contributed by atoms with Gasteiger partial charge in [-0.15, -0.1) is 0 Å². The summed E-state index contributed by atoms with van der Waals surface area (Å²) in [6.07, 6.45) is 3.09. The molecule has 0 unspecified atom stereocenters. The molecule has 17 heavy (non-hydrogen) atoms. The molecule has 3 heteroatoms. The van der Waals surface area contributed by atoms with Gasteiger partial charge in [0.2, 0.25) is 0 Å². The summed E-state index contributed by atoms with van der Waals surface area (Å²) in [6.45, 7) is 1.91. The van der Waals surface area contributed by atoms with E-state index in [1.165, 1.54) is 16.5 Å². The third-order valence-electron chi connectivity index (χ3n) is 3.80. The van der Waals surface area contributed by atoms with Crippen LogP contribution in [0.15, 0.2) is 30.5 Å². The molecule has 1 aromatic carbocycles. The Morgan fingerprint density at radius 2 is 2.18 bits per heavy atom. The Morgan fingerprint density at radius 3 is 2.82 bits per heavy atom. The lowest BCUT2D eigenvalue weighted by molar-refractivity contribution is -0.0502. The van der Waals surface area contributed by atoms with E-state index in [1.54, 1.807) is 0 Å². The number of rotatable bonds is 3. The van der Waals surface area contributed by atoms with Crippen molar-refractivity contribution in [1.29, 1.82) is 0 Å². The Labute approximate surface area is 101 Å². The zero-order valence-corrected chi connectivity index (χ0v) is 10.4. The van der Waals surface area contributed by atoms with Crippen LogP contribution in [0, 0.1) is 0 Å². The van der Waals surface area contributed by atoms with Gasteiger partial charge in [-0.25, -0.2) is 0 Å². The molecule has 1 aliphatic heterocycles. The number of fused-ring (bicyclic) bond motifs is 1. The molecular formula is C14H18N2O. The van der Waals surface area contributed by atoms with Crippen LogP contribution in [0.3, 0.4) is 0 Å². The Bertz CT molecular complexity index is 535. The SMILES string of the molecule is COC1(Cc2ccc3c(ccn3C)c2)CNC1. The summed E-state index contributed by atoms with van der Waals surface area (Å²) in [5.74, 6) is 0. The molecule has 0 bridgehead atoms. The molecule has 1 fully saturated rings. The molecule has 1 saturated heterocycles. The van der Waals surface area contributed by atoms with Gasteiger partial charge in [0.1, 0.15) is 0 Å². The molecule has 1 N–H and O–H groups in total. The second-order valence-corrected chi connectivity index (χ2v) is 4.99. The van der Waals surface area contributed by atoms with E-state index in [1.807, 2.05) is 7.11 Å².